The molecule has 0 unspecified atom stereocenters. The van der Waals surface area contributed by atoms with Gasteiger partial charge in [-0.15, -0.1) is 10.2 Å². The molecule has 5 nitrogen and oxygen atoms in total. The molecule has 0 spiro atoms. The van der Waals surface area contributed by atoms with Crippen molar-refractivity contribution in [3.05, 3.63) is 65.3 Å². The minimum atomic E-state index is 0.185. The molecule has 26 heavy (non-hydrogen) atoms. The number of rotatable bonds is 7. The van der Waals surface area contributed by atoms with Gasteiger partial charge in [-0.3, -0.25) is 5.10 Å². The minimum Gasteiger partial charge on any atom is -0.328 e. The average Bonchev–Trinajstić information content (AvgIpc) is 3.34. The Bertz CT molecular complexity index is 976. The van der Waals surface area contributed by atoms with Crippen molar-refractivity contribution in [1.82, 2.24) is 20.4 Å². The number of nitrogens with zero attached hydrogens (tertiary/aromatic N) is 3. The molecule has 0 amide bonds. The molecule has 0 aliphatic rings. The molecule has 0 aliphatic carbocycles. The fourth-order valence-electron chi connectivity index (χ4n) is 3.00. The van der Waals surface area contributed by atoms with E-state index in [1.807, 2.05) is 18.3 Å². The van der Waals surface area contributed by atoms with E-state index in [0.717, 1.165) is 52.2 Å². The zero-order valence-corrected chi connectivity index (χ0v) is 15.2. The third kappa shape index (κ3) is 3.98. The first-order chi connectivity index (χ1) is 12.8. The van der Waals surface area contributed by atoms with Crippen molar-refractivity contribution < 1.29 is 0 Å². The summed E-state index contributed by atoms with van der Waals surface area (Å²) in [5, 5.41) is 18.8. The van der Waals surface area contributed by atoms with Gasteiger partial charge in [0, 0.05) is 23.4 Å². The Labute approximate surface area is 156 Å². The summed E-state index contributed by atoms with van der Waals surface area (Å²) < 4.78 is 0. The van der Waals surface area contributed by atoms with Gasteiger partial charge in [0.05, 0.1) is 11.7 Å². The third-order valence-electron chi connectivity index (χ3n) is 4.53. The zero-order chi connectivity index (χ0) is 17.8. The fourth-order valence-corrected chi connectivity index (χ4v) is 3.85. The first kappa shape index (κ1) is 16.9. The van der Waals surface area contributed by atoms with Crippen LogP contribution in [0.25, 0.3) is 21.5 Å². The van der Waals surface area contributed by atoms with Crippen LogP contribution >= 0.6 is 11.3 Å². The molecule has 2 heterocycles. The van der Waals surface area contributed by atoms with Crippen LogP contribution in [-0.2, 0) is 12.8 Å². The smallest absolute Gasteiger partial charge is 0.147 e. The summed E-state index contributed by atoms with van der Waals surface area (Å²) in [7, 11) is 0. The molecule has 0 radical (unpaired) electrons. The van der Waals surface area contributed by atoms with Gasteiger partial charge in [0.2, 0.25) is 0 Å². The van der Waals surface area contributed by atoms with Gasteiger partial charge < -0.3 is 5.73 Å². The van der Waals surface area contributed by atoms with Gasteiger partial charge in [0.25, 0.3) is 0 Å². The van der Waals surface area contributed by atoms with E-state index in [-0.39, 0.29) is 6.04 Å². The van der Waals surface area contributed by atoms with Gasteiger partial charge in [-0.1, -0.05) is 41.7 Å². The summed E-state index contributed by atoms with van der Waals surface area (Å²) in [6.45, 7) is 0. The van der Waals surface area contributed by atoms with Crippen molar-refractivity contribution in [1.29, 1.82) is 0 Å². The minimum absolute atomic E-state index is 0.185. The highest BCUT2D eigenvalue weighted by molar-refractivity contribution is 7.14. The lowest BCUT2D eigenvalue weighted by Crippen LogP contribution is -2.21. The van der Waals surface area contributed by atoms with Crippen molar-refractivity contribution in [2.24, 2.45) is 5.73 Å². The fraction of sp³-hybridized carbons (Fsp3) is 0.250. The molecule has 1 atom stereocenters. The molecule has 0 saturated carbocycles. The lowest BCUT2D eigenvalue weighted by molar-refractivity contribution is 0.567. The molecule has 0 fully saturated rings. The highest BCUT2D eigenvalue weighted by Crippen LogP contribution is 2.27. The van der Waals surface area contributed by atoms with E-state index in [9.17, 15) is 0 Å². The molecular weight excluding hydrogens is 342 g/mol. The van der Waals surface area contributed by atoms with Gasteiger partial charge in [-0.2, -0.15) is 5.10 Å². The van der Waals surface area contributed by atoms with Gasteiger partial charge in [-0.05, 0) is 43.0 Å². The van der Waals surface area contributed by atoms with Crippen LogP contribution in [0.15, 0.2) is 54.7 Å². The monoisotopic (exact) mass is 363 g/mol. The maximum atomic E-state index is 6.28. The van der Waals surface area contributed by atoms with E-state index in [1.165, 1.54) is 5.56 Å². The first-order valence-corrected chi connectivity index (χ1v) is 9.65. The molecule has 3 N–H and O–H groups in total. The lowest BCUT2D eigenvalue weighted by Gasteiger charge is -2.10. The summed E-state index contributed by atoms with van der Waals surface area (Å²) in [6, 6.07) is 16.9. The number of hydrogen-bond donors (Lipinski definition) is 2. The maximum absolute atomic E-state index is 6.28. The highest BCUT2D eigenvalue weighted by Gasteiger charge is 2.10. The molecule has 6 heteroatoms. The van der Waals surface area contributed by atoms with E-state index >= 15 is 0 Å². The van der Waals surface area contributed by atoms with Crippen LogP contribution in [0.4, 0.5) is 0 Å². The second-order valence-corrected chi connectivity index (χ2v) is 7.56. The van der Waals surface area contributed by atoms with Crippen molar-refractivity contribution in [2.75, 3.05) is 0 Å². The Kier molecular flexibility index (Phi) is 5.04. The number of nitrogens with one attached hydrogen (secondary N) is 1. The predicted molar refractivity (Wildman–Crippen MR) is 106 cm³/mol. The SMILES string of the molecule is N[C@@H](CCc1ccccc1)CCc1nnc(-c2ccc3[nH]ncc3c2)s1. The Morgan fingerprint density at radius 2 is 1.85 bits per heavy atom. The van der Waals surface area contributed by atoms with Gasteiger partial charge in [0.1, 0.15) is 10.0 Å². The van der Waals surface area contributed by atoms with Crippen LogP contribution in [0.1, 0.15) is 23.4 Å². The number of aromatic amines is 1. The second-order valence-electron chi connectivity index (χ2n) is 6.50. The number of aromatic nitrogens is 4. The summed E-state index contributed by atoms with van der Waals surface area (Å²) in [5.74, 6) is 0. The Hall–Kier alpha value is -2.57. The van der Waals surface area contributed by atoms with Crippen molar-refractivity contribution in [3.8, 4) is 10.6 Å². The third-order valence-corrected chi connectivity index (χ3v) is 5.56. The maximum Gasteiger partial charge on any atom is 0.147 e. The van der Waals surface area contributed by atoms with Crippen LogP contribution in [-0.4, -0.2) is 26.4 Å². The number of fused-ring (bicyclic) bond motifs is 1. The second kappa shape index (κ2) is 7.76. The van der Waals surface area contributed by atoms with Gasteiger partial charge in [-0.25, -0.2) is 0 Å². The average molecular weight is 363 g/mol. The molecule has 132 valence electrons. The van der Waals surface area contributed by atoms with Crippen LogP contribution in [0, 0.1) is 0 Å². The van der Waals surface area contributed by atoms with Crippen LogP contribution in [0.2, 0.25) is 0 Å². The summed E-state index contributed by atoms with van der Waals surface area (Å²) >= 11 is 1.65. The van der Waals surface area contributed by atoms with Crippen LogP contribution in [0.3, 0.4) is 0 Å². The first-order valence-electron chi connectivity index (χ1n) is 8.83. The van der Waals surface area contributed by atoms with Crippen LogP contribution < -0.4 is 5.73 Å². The van der Waals surface area contributed by atoms with Crippen molar-refractivity contribution in [3.63, 3.8) is 0 Å². The molecule has 0 saturated heterocycles. The predicted octanol–water partition coefficient (Wildman–Crippen LogP) is 3.97. The largest absolute Gasteiger partial charge is 0.328 e. The van der Waals surface area contributed by atoms with Gasteiger partial charge >= 0.3 is 0 Å². The summed E-state index contributed by atoms with van der Waals surface area (Å²) in [5.41, 5.74) is 9.74. The molecule has 4 rings (SSSR count). The molecule has 2 aromatic heterocycles. The van der Waals surface area contributed by atoms with Crippen molar-refractivity contribution >= 4 is 22.2 Å². The molecule has 2 aromatic carbocycles. The van der Waals surface area contributed by atoms with E-state index in [1.54, 1.807) is 11.3 Å². The zero-order valence-electron chi connectivity index (χ0n) is 14.4. The normalized spacial score (nSPS) is 12.5. The molecule has 0 bridgehead atoms. The van der Waals surface area contributed by atoms with Crippen LogP contribution in [0.5, 0.6) is 0 Å². The topological polar surface area (TPSA) is 80.5 Å². The lowest BCUT2D eigenvalue weighted by atomic mass is 10.0. The molecule has 4 aromatic rings. The standard InChI is InChI=1S/C20H21N5S/c21-17(8-6-14-4-2-1-3-5-14)9-11-19-24-25-20(26-19)15-7-10-18-16(12-15)13-22-23-18/h1-5,7,10,12-13,17H,6,8-9,11,21H2,(H,22,23)/t17-/m0/s1. The number of nitrogens with two attached hydrogens (primary N) is 1. The van der Waals surface area contributed by atoms with Gasteiger partial charge in [0.15, 0.2) is 0 Å². The summed E-state index contributed by atoms with van der Waals surface area (Å²) in [4.78, 5) is 0. The number of benzene rings is 2. The van der Waals surface area contributed by atoms with E-state index in [4.69, 9.17) is 5.73 Å². The van der Waals surface area contributed by atoms with E-state index in [2.05, 4.69) is 56.8 Å². The molecule has 0 aliphatic heterocycles. The summed E-state index contributed by atoms with van der Waals surface area (Å²) in [6.07, 6.45) is 5.65. The number of hydrogen-bond acceptors (Lipinski definition) is 5. The highest BCUT2D eigenvalue weighted by atomic mass is 32.1. The Morgan fingerprint density at radius 3 is 2.73 bits per heavy atom. The van der Waals surface area contributed by atoms with Crippen molar-refractivity contribution in [2.45, 2.75) is 31.7 Å². The van der Waals surface area contributed by atoms with E-state index in [0.29, 0.717) is 0 Å². The Balaban J connectivity index is 1.33. The van der Waals surface area contributed by atoms with E-state index < -0.39 is 0 Å². The molecular formula is C20H21N5S. The Morgan fingerprint density at radius 1 is 1.00 bits per heavy atom. The number of aryl methyl sites for hydroxylation is 2. The number of H-pyrrole nitrogens is 1. The quantitative estimate of drug-likeness (QED) is 0.520.